The Balaban J connectivity index is 2.54. The molecule has 76 valence electrons. The van der Waals surface area contributed by atoms with Gasteiger partial charge in [-0.15, -0.1) is 0 Å². The molecule has 4 nitrogen and oxygen atoms in total. The fourth-order valence-electron chi connectivity index (χ4n) is 1.26. The van der Waals surface area contributed by atoms with Gasteiger partial charge >= 0.3 is 0 Å². The van der Waals surface area contributed by atoms with Gasteiger partial charge in [-0.3, -0.25) is 0 Å². The van der Waals surface area contributed by atoms with Gasteiger partial charge < -0.3 is 5.73 Å². The third kappa shape index (κ3) is 2.07. The van der Waals surface area contributed by atoms with E-state index in [9.17, 15) is 4.39 Å². The zero-order valence-corrected chi connectivity index (χ0v) is 8.11. The minimum Gasteiger partial charge on any atom is -0.368 e. The minimum atomic E-state index is -0.330. The van der Waals surface area contributed by atoms with Crippen LogP contribution in [0, 0.1) is 12.7 Å². The largest absolute Gasteiger partial charge is 0.368 e. The third-order valence-corrected chi connectivity index (χ3v) is 1.85. The highest BCUT2D eigenvalue weighted by Gasteiger charge is 2.04. The number of aryl methyl sites for hydroxylation is 1. The first kappa shape index (κ1) is 9.51. The number of anilines is 1. The summed E-state index contributed by atoms with van der Waals surface area (Å²) in [6.07, 6.45) is 0. The Morgan fingerprint density at radius 2 is 2.00 bits per heavy atom. The number of aromatic nitrogens is 3. The van der Waals surface area contributed by atoms with Crippen molar-refractivity contribution in [2.24, 2.45) is 0 Å². The molecular weight excluding hydrogens is 195 g/mol. The van der Waals surface area contributed by atoms with Crippen molar-refractivity contribution in [2.75, 3.05) is 5.73 Å². The molecule has 1 heterocycles. The van der Waals surface area contributed by atoms with Gasteiger partial charge in [-0.2, -0.15) is 9.97 Å². The van der Waals surface area contributed by atoms with E-state index in [2.05, 4.69) is 15.0 Å². The first-order valence-corrected chi connectivity index (χ1v) is 4.39. The van der Waals surface area contributed by atoms with Gasteiger partial charge in [-0.1, -0.05) is 12.1 Å². The molecule has 0 atom stereocenters. The van der Waals surface area contributed by atoms with Crippen LogP contribution >= 0.6 is 0 Å². The predicted octanol–water partition coefficient (Wildman–Crippen LogP) is 1.57. The molecule has 0 fully saturated rings. The molecule has 0 aliphatic heterocycles. The molecule has 0 unspecified atom stereocenters. The predicted molar refractivity (Wildman–Crippen MR) is 54.4 cm³/mol. The molecular formula is C10H9FN4. The van der Waals surface area contributed by atoms with Crippen LogP contribution in [-0.2, 0) is 0 Å². The first-order chi connectivity index (χ1) is 7.15. The van der Waals surface area contributed by atoms with Crippen LogP contribution in [0.25, 0.3) is 11.4 Å². The van der Waals surface area contributed by atoms with E-state index in [1.54, 1.807) is 19.1 Å². The second kappa shape index (κ2) is 3.61. The average Bonchev–Trinajstić information content (AvgIpc) is 2.16. The van der Waals surface area contributed by atoms with Crippen LogP contribution in [-0.4, -0.2) is 15.0 Å². The minimum absolute atomic E-state index is 0.141. The lowest BCUT2D eigenvalue weighted by atomic mass is 10.2. The lowest BCUT2D eigenvalue weighted by molar-refractivity contribution is 0.628. The molecule has 0 aliphatic rings. The van der Waals surface area contributed by atoms with E-state index in [1.807, 2.05) is 0 Å². The van der Waals surface area contributed by atoms with E-state index in [-0.39, 0.29) is 11.8 Å². The fourth-order valence-corrected chi connectivity index (χ4v) is 1.26. The van der Waals surface area contributed by atoms with Crippen molar-refractivity contribution in [3.05, 3.63) is 35.9 Å². The van der Waals surface area contributed by atoms with E-state index >= 15 is 0 Å². The van der Waals surface area contributed by atoms with Crippen molar-refractivity contribution in [3.8, 4) is 11.4 Å². The van der Waals surface area contributed by atoms with E-state index in [0.29, 0.717) is 17.2 Å². The summed E-state index contributed by atoms with van der Waals surface area (Å²) < 4.78 is 13.0. The van der Waals surface area contributed by atoms with Gasteiger partial charge in [0.15, 0.2) is 5.82 Å². The highest BCUT2D eigenvalue weighted by atomic mass is 19.1. The Labute approximate surface area is 86.0 Å². The second-order valence-corrected chi connectivity index (χ2v) is 3.07. The molecule has 1 aromatic carbocycles. The van der Waals surface area contributed by atoms with E-state index in [4.69, 9.17) is 5.73 Å². The Bertz CT molecular complexity index is 478. The summed E-state index contributed by atoms with van der Waals surface area (Å²) >= 11 is 0. The molecule has 0 bridgehead atoms. The van der Waals surface area contributed by atoms with Crippen LogP contribution in [0.2, 0.25) is 0 Å². The summed E-state index contributed by atoms with van der Waals surface area (Å²) in [5, 5.41) is 0. The number of hydrogen-bond donors (Lipinski definition) is 1. The standard InChI is InChI=1S/C10H9FN4/c1-6-13-9(15-10(12)14-6)7-3-2-4-8(11)5-7/h2-5H,1H3,(H2,12,13,14,15). The van der Waals surface area contributed by atoms with Gasteiger partial charge in [-0.25, -0.2) is 9.37 Å². The fraction of sp³-hybridized carbons (Fsp3) is 0.100. The van der Waals surface area contributed by atoms with Crippen molar-refractivity contribution in [3.63, 3.8) is 0 Å². The second-order valence-electron chi connectivity index (χ2n) is 3.07. The summed E-state index contributed by atoms with van der Waals surface area (Å²) in [4.78, 5) is 11.9. The quantitative estimate of drug-likeness (QED) is 0.765. The van der Waals surface area contributed by atoms with Crippen LogP contribution in [0.4, 0.5) is 10.3 Å². The molecule has 0 aliphatic carbocycles. The van der Waals surface area contributed by atoms with Gasteiger partial charge in [0.2, 0.25) is 5.95 Å². The van der Waals surface area contributed by atoms with Crippen LogP contribution in [0.15, 0.2) is 24.3 Å². The molecule has 2 N–H and O–H groups in total. The Morgan fingerprint density at radius 1 is 1.20 bits per heavy atom. The Hall–Kier alpha value is -2.04. The smallest absolute Gasteiger partial charge is 0.223 e. The summed E-state index contributed by atoms with van der Waals surface area (Å²) in [7, 11) is 0. The topological polar surface area (TPSA) is 64.7 Å². The average molecular weight is 204 g/mol. The molecule has 0 amide bonds. The maximum Gasteiger partial charge on any atom is 0.223 e. The summed E-state index contributed by atoms with van der Waals surface area (Å²) in [6.45, 7) is 1.71. The van der Waals surface area contributed by atoms with Crippen molar-refractivity contribution < 1.29 is 4.39 Å². The number of benzene rings is 1. The molecule has 0 spiro atoms. The SMILES string of the molecule is Cc1nc(N)nc(-c2cccc(F)c2)n1. The van der Waals surface area contributed by atoms with Gasteiger partial charge in [0.1, 0.15) is 11.6 Å². The lowest BCUT2D eigenvalue weighted by Crippen LogP contribution is -2.01. The number of nitrogens with two attached hydrogens (primary N) is 1. The zero-order valence-electron chi connectivity index (χ0n) is 8.11. The summed E-state index contributed by atoms with van der Waals surface area (Å²) in [6, 6.07) is 6.03. The van der Waals surface area contributed by atoms with Gasteiger partial charge in [0.25, 0.3) is 0 Å². The molecule has 1 aromatic heterocycles. The van der Waals surface area contributed by atoms with Gasteiger partial charge in [0.05, 0.1) is 0 Å². The van der Waals surface area contributed by atoms with Gasteiger partial charge in [0, 0.05) is 5.56 Å². The molecule has 15 heavy (non-hydrogen) atoms. The molecule has 0 radical (unpaired) electrons. The van der Waals surface area contributed by atoms with Crippen LogP contribution in [0.1, 0.15) is 5.82 Å². The monoisotopic (exact) mass is 204 g/mol. The first-order valence-electron chi connectivity index (χ1n) is 4.39. The third-order valence-electron chi connectivity index (χ3n) is 1.85. The molecule has 2 rings (SSSR count). The van der Waals surface area contributed by atoms with E-state index in [1.165, 1.54) is 12.1 Å². The number of halogens is 1. The van der Waals surface area contributed by atoms with Crippen LogP contribution in [0.3, 0.4) is 0 Å². The normalized spacial score (nSPS) is 10.3. The van der Waals surface area contributed by atoms with Crippen molar-refractivity contribution in [1.29, 1.82) is 0 Å². The maximum absolute atomic E-state index is 13.0. The highest BCUT2D eigenvalue weighted by molar-refractivity contribution is 5.55. The number of rotatable bonds is 1. The maximum atomic E-state index is 13.0. The Kier molecular flexibility index (Phi) is 2.29. The number of nitrogen functional groups attached to an aromatic ring is 1. The van der Waals surface area contributed by atoms with Crippen LogP contribution < -0.4 is 5.73 Å². The zero-order chi connectivity index (χ0) is 10.8. The van der Waals surface area contributed by atoms with Crippen molar-refractivity contribution >= 4 is 5.95 Å². The lowest BCUT2D eigenvalue weighted by Gasteiger charge is -2.01. The molecule has 5 heteroatoms. The highest BCUT2D eigenvalue weighted by Crippen LogP contribution is 2.16. The van der Waals surface area contributed by atoms with E-state index in [0.717, 1.165) is 0 Å². The van der Waals surface area contributed by atoms with Crippen molar-refractivity contribution in [2.45, 2.75) is 6.92 Å². The summed E-state index contributed by atoms with van der Waals surface area (Å²) in [5.74, 6) is 0.715. The number of hydrogen-bond acceptors (Lipinski definition) is 4. The molecule has 0 saturated heterocycles. The van der Waals surface area contributed by atoms with Gasteiger partial charge in [-0.05, 0) is 19.1 Å². The van der Waals surface area contributed by atoms with E-state index < -0.39 is 0 Å². The Morgan fingerprint density at radius 3 is 2.67 bits per heavy atom. The van der Waals surface area contributed by atoms with Crippen LogP contribution in [0.5, 0.6) is 0 Å². The molecule has 2 aromatic rings. The molecule has 0 saturated carbocycles. The summed E-state index contributed by atoms with van der Waals surface area (Å²) in [5.41, 5.74) is 6.07. The van der Waals surface area contributed by atoms with Crippen molar-refractivity contribution in [1.82, 2.24) is 15.0 Å². The number of nitrogens with zero attached hydrogens (tertiary/aromatic N) is 3.